The minimum absolute atomic E-state index is 0.0937. The second-order valence-corrected chi connectivity index (χ2v) is 5.00. The molecule has 2 heterocycles. The first-order valence-electron chi connectivity index (χ1n) is 6.18. The minimum atomic E-state index is -0.535. The van der Waals surface area contributed by atoms with Crippen molar-refractivity contribution in [2.45, 2.75) is 19.9 Å². The van der Waals surface area contributed by atoms with E-state index in [1.165, 1.54) is 23.0 Å². The van der Waals surface area contributed by atoms with Crippen molar-refractivity contribution in [2.24, 2.45) is 0 Å². The molecule has 2 aromatic rings. The molecular formula is C13H13ClN4O3. The maximum atomic E-state index is 12.3. The monoisotopic (exact) mass is 308 g/mol. The molecule has 1 amide bonds. The van der Waals surface area contributed by atoms with Crippen LogP contribution in [-0.2, 0) is 0 Å². The lowest BCUT2D eigenvalue weighted by molar-refractivity contribution is -0.384. The number of hydrogen-bond donors (Lipinski definition) is 1. The van der Waals surface area contributed by atoms with Gasteiger partial charge in [-0.2, -0.15) is 0 Å². The zero-order valence-corrected chi connectivity index (χ0v) is 12.2. The molecule has 0 aliphatic carbocycles. The van der Waals surface area contributed by atoms with Crippen LogP contribution < -0.4 is 5.32 Å². The predicted octanol–water partition coefficient (Wildman–Crippen LogP) is 3.28. The SMILES string of the molecule is CC(C)n1cc([N+](=O)[O-])cc1C(=O)Nc1cccnc1Cl. The van der Waals surface area contributed by atoms with Crippen LogP contribution in [0.3, 0.4) is 0 Å². The summed E-state index contributed by atoms with van der Waals surface area (Å²) in [6.45, 7) is 3.66. The van der Waals surface area contributed by atoms with Gasteiger partial charge in [0.1, 0.15) is 5.69 Å². The van der Waals surface area contributed by atoms with Gasteiger partial charge in [0, 0.05) is 18.3 Å². The van der Waals surface area contributed by atoms with Crippen molar-refractivity contribution in [3.63, 3.8) is 0 Å². The summed E-state index contributed by atoms with van der Waals surface area (Å²) in [6.07, 6.45) is 2.84. The van der Waals surface area contributed by atoms with E-state index >= 15 is 0 Å². The van der Waals surface area contributed by atoms with Crippen molar-refractivity contribution in [3.05, 3.63) is 51.6 Å². The fraction of sp³-hybridized carbons (Fsp3) is 0.231. The van der Waals surface area contributed by atoms with Crippen molar-refractivity contribution >= 4 is 28.9 Å². The topological polar surface area (TPSA) is 90.1 Å². The maximum Gasteiger partial charge on any atom is 0.287 e. The Bertz CT molecular complexity index is 696. The number of hydrogen-bond acceptors (Lipinski definition) is 4. The summed E-state index contributed by atoms with van der Waals surface area (Å²) in [4.78, 5) is 26.5. The Labute approximate surface area is 125 Å². The van der Waals surface area contributed by atoms with Gasteiger partial charge < -0.3 is 9.88 Å². The van der Waals surface area contributed by atoms with Crippen LogP contribution in [0.1, 0.15) is 30.4 Å². The highest BCUT2D eigenvalue weighted by Crippen LogP contribution is 2.23. The van der Waals surface area contributed by atoms with Gasteiger partial charge in [-0.1, -0.05) is 11.6 Å². The summed E-state index contributed by atoms with van der Waals surface area (Å²) >= 11 is 5.87. The largest absolute Gasteiger partial charge is 0.335 e. The average Bonchev–Trinajstić information content (AvgIpc) is 2.87. The quantitative estimate of drug-likeness (QED) is 0.533. The number of anilines is 1. The summed E-state index contributed by atoms with van der Waals surface area (Å²) in [5.41, 5.74) is 0.408. The van der Waals surface area contributed by atoms with Gasteiger partial charge in [-0.25, -0.2) is 4.98 Å². The number of carbonyl (C=O) groups is 1. The van der Waals surface area contributed by atoms with E-state index in [0.29, 0.717) is 5.69 Å². The number of nitro groups is 1. The van der Waals surface area contributed by atoms with E-state index in [2.05, 4.69) is 10.3 Å². The molecule has 0 fully saturated rings. The van der Waals surface area contributed by atoms with Crippen molar-refractivity contribution < 1.29 is 9.72 Å². The molecule has 21 heavy (non-hydrogen) atoms. The first-order valence-corrected chi connectivity index (χ1v) is 6.56. The van der Waals surface area contributed by atoms with Crippen LogP contribution in [0.25, 0.3) is 0 Å². The molecule has 8 heteroatoms. The Kier molecular flexibility index (Phi) is 4.23. The third-order valence-corrected chi connectivity index (χ3v) is 3.14. The zero-order chi connectivity index (χ0) is 15.6. The number of aromatic nitrogens is 2. The van der Waals surface area contributed by atoms with E-state index in [0.717, 1.165) is 0 Å². The third-order valence-electron chi connectivity index (χ3n) is 2.84. The highest BCUT2D eigenvalue weighted by molar-refractivity contribution is 6.32. The maximum absolute atomic E-state index is 12.3. The summed E-state index contributed by atoms with van der Waals surface area (Å²) < 4.78 is 1.54. The Balaban J connectivity index is 2.35. The molecule has 0 aromatic carbocycles. The normalized spacial score (nSPS) is 10.7. The Hall–Kier alpha value is -2.41. The van der Waals surface area contributed by atoms with E-state index < -0.39 is 10.8 Å². The molecule has 110 valence electrons. The van der Waals surface area contributed by atoms with E-state index in [-0.39, 0.29) is 22.6 Å². The lowest BCUT2D eigenvalue weighted by Gasteiger charge is -2.12. The molecule has 0 aliphatic heterocycles. The van der Waals surface area contributed by atoms with Gasteiger partial charge >= 0.3 is 0 Å². The second kappa shape index (κ2) is 5.92. The van der Waals surface area contributed by atoms with Crippen LogP contribution in [-0.4, -0.2) is 20.4 Å². The molecule has 7 nitrogen and oxygen atoms in total. The van der Waals surface area contributed by atoms with E-state index in [9.17, 15) is 14.9 Å². The predicted molar refractivity (Wildman–Crippen MR) is 78.7 cm³/mol. The van der Waals surface area contributed by atoms with Gasteiger partial charge in [0.15, 0.2) is 5.15 Å². The third kappa shape index (κ3) is 3.19. The highest BCUT2D eigenvalue weighted by atomic mass is 35.5. The zero-order valence-electron chi connectivity index (χ0n) is 11.4. The van der Waals surface area contributed by atoms with Gasteiger partial charge in [0.2, 0.25) is 0 Å². The second-order valence-electron chi connectivity index (χ2n) is 4.64. The van der Waals surface area contributed by atoms with Crippen LogP contribution in [0.4, 0.5) is 11.4 Å². The molecule has 0 saturated carbocycles. The molecule has 0 atom stereocenters. The van der Waals surface area contributed by atoms with E-state index in [1.54, 1.807) is 12.1 Å². The van der Waals surface area contributed by atoms with Crippen molar-refractivity contribution in [1.82, 2.24) is 9.55 Å². The molecule has 1 N–H and O–H groups in total. The van der Waals surface area contributed by atoms with Gasteiger partial charge in [-0.3, -0.25) is 14.9 Å². The lowest BCUT2D eigenvalue weighted by atomic mass is 10.3. The fourth-order valence-electron chi connectivity index (χ4n) is 1.84. The molecule has 2 aromatic heterocycles. The number of pyridine rings is 1. The molecule has 0 unspecified atom stereocenters. The van der Waals surface area contributed by atoms with Gasteiger partial charge in [0.25, 0.3) is 11.6 Å². The number of nitrogens with zero attached hydrogens (tertiary/aromatic N) is 3. The van der Waals surface area contributed by atoms with Crippen LogP contribution in [0.2, 0.25) is 5.15 Å². The van der Waals surface area contributed by atoms with E-state index in [4.69, 9.17) is 11.6 Å². The molecule has 0 saturated heterocycles. The first-order chi connectivity index (χ1) is 9.90. The fourth-order valence-corrected chi connectivity index (χ4v) is 2.01. The molecule has 0 spiro atoms. The Morgan fingerprint density at radius 3 is 2.81 bits per heavy atom. The van der Waals surface area contributed by atoms with Gasteiger partial charge in [0.05, 0.1) is 16.8 Å². The number of nitrogens with one attached hydrogen (secondary N) is 1. The van der Waals surface area contributed by atoms with Gasteiger partial charge in [-0.05, 0) is 26.0 Å². The molecule has 2 rings (SSSR count). The van der Waals surface area contributed by atoms with E-state index in [1.807, 2.05) is 13.8 Å². The molecule has 0 bridgehead atoms. The number of amides is 1. The van der Waals surface area contributed by atoms with Crippen LogP contribution >= 0.6 is 11.6 Å². The summed E-state index contributed by atoms with van der Waals surface area (Å²) in [6, 6.07) is 4.37. The standard InChI is InChI=1S/C13H13ClN4O3/c1-8(2)17-7-9(18(20)21)6-11(17)13(19)16-10-4-3-5-15-12(10)14/h3-8H,1-2H3,(H,16,19). The number of halogens is 1. The number of rotatable bonds is 4. The molecule has 0 aliphatic rings. The Morgan fingerprint density at radius 1 is 1.52 bits per heavy atom. The summed E-state index contributed by atoms with van der Waals surface area (Å²) in [5.74, 6) is -0.480. The lowest BCUT2D eigenvalue weighted by Crippen LogP contribution is -2.18. The van der Waals surface area contributed by atoms with Crippen molar-refractivity contribution in [3.8, 4) is 0 Å². The van der Waals surface area contributed by atoms with Crippen LogP contribution in [0.5, 0.6) is 0 Å². The summed E-state index contributed by atoms with van der Waals surface area (Å²) in [7, 11) is 0. The van der Waals surface area contributed by atoms with Crippen molar-refractivity contribution in [2.75, 3.05) is 5.32 Å². The van der Waals surface area contributed by atoms with Crippen LogP contribution in [0.15, 0.2) is 30.6 Å². The first kappa shape index (κ1) is 15.0. The average molecular weight is 309 g/mol. The van der Waals surface area contributed by atoms with Crippen molar-refractivity contribution in [1.29, 1.82) is 0 Å². The van der Waals surface area contributed by atoms with Crippen LogP contribution in [0, 0.1) is 10.1 Å². The minimum Gasteiger partial charge on any atom is -0.335 e. The smallest absolute Gasteiger partial charge is 0.287 e. The summed E-state index contributed by atoms with van der Waals surface area (Å²) in [5, 5.41) is 13.6. The molecule has 0 radical (unpaired) electrons. The Morgan fingerprint density at radius 2 is 2.24 bits per heavy atom. The van der Waals surface area contributed by atoms with Gasteiger partial charge in [-0.15, -0.1) is 0 Å². The number of carbonyl (C=O) groups excluding carboxylic acids is 1. The molecular weight excluding hydrogens is 296 g/mol. The highest BCUT2D eigenvalue weighted by Gasteiger charge is 2.21.